The van der Waals surface area contributed by atoms with E-state index in [1.165, 1.54) is 6.92 Å². The van der Waals surface area contributed by atoms with Gasteiger partial charge in [-0.05, 0) is 24.3 Å². The van der Waals surface area contributed by atoms with E-state index in [2.05, 4.69) is 10.3 Å². The molecular weight excluding hydrogens is 327 g/mol. The topological polar surface area (TPSA) is 42.0 Å². The molecule has 0 bridgehead atoms. The number of aromatic nitrogens is 1. The molecule has 0 aliphatic rings. The Morgan fingerprint density at radius 2 is 1.95 bits per heavy atom. The average molecular weight is 337 g/mol. The van der Waals surface area contributed by atoms with Gasteiger partial charge in [-0.3, -0.25) is 4.79 Å². The zero-order valence-corrected chi connectivity index (χ0v) is 13.3. The summed E-state index contributed by atoms with van der Waals surface area (Å²) in [5.74, 6) is -0.186. The van der Waals surface area contributed by atoms with Crippen molar-refractivity contribution in [2.24, 2.45) is 0 Å². The molecule has 0 unspecified atom stereocenters. The molecule has 0 saturated heterocycles. The predicted octanol–water partition coefficient (Wildman–Crippen LogP) is 5.23. The highest BCUT2D eigenvalue weighted by molar-refractivity contribution is 7.21. The Morgan fingerprint density at radius 3 is 2.67 bits per heavy atom. The SMILES string of the molecule is CC(=O)Nc1cc(-c2nc3ccccc3s2)c(Cl)cc1Cl. The van der Waals surface area contributed by atoms with Crippen LogP contribution in [0.5, 0.6) is 0 Å². The molecule has 1 heterocycles. The van der Waals surface area contributed by atoms with Crippen LogP contribution in [-0.2, 0) is 4.79 Å². The first-order chi connectivity index (χ1) is 10.0. The maximum atomic E-state index is 11.2. The van der Waals surface area contributed by atoms with Gasteiger partial charge in [-0.2, -0.15) is 0 Å². The normalized spacial score (nSPS) is 10.8. The molecule has 0 saturated carbocycles. The number of benzene rings is 2. The first-order valence-electron chi connectivity index (χ1n) is 6.17. The van der Waals surface area contributed by atoms with E-state index in [-0.39, 0.29) is 5.91 Å². The minimum absolute atomic E-state index is 0.186. The molecule has 106 valence electrons. The average Bonchev–Trinajstić information content (AvgIpc) is 2.84. The number of halogens is 2. The lowest BCUT2D eigenvalue weighted by atomic mass is 10.2. The summed E-state index contributed by atoms with van der Waals surface area (Å²) in [4.78, 5) is 15.8. The summed E-state index contributed by atoms with van der Waals surface area (Å²) < 4.78 is 1.08. The third-order valence-corrected chi connectivity index (χ3v) is 4.59. The largest absolute Gasteiger partial charge is 0.325 e. The van der Waals surface area contributed by atoms with Crippen LogP contribution in [0.2, 0.25) is 10.0 Å². The summed E-state index contributed by atoms with van der Waals surface area (Å²) in [5.41, 5.74) is 2.21. The van der Waals surface area contributed by atoms with Crippen molar-refractivity contribution in [3.05, 3.63) is 46.4 Å². The van der Waals surface area contributed by atoms with E-state index >= 15 is 0 Å². The monoisotopic (exact) mass is 336 g/mol. The highest BCUT2D eigenvalue weighted by Gasteiger charge is 2.13. The van der Waals surface area contributed by atoms with Crippen molar-refractivity contribution in [1.82, 2.24) is 4.98 Å². The third-order valence-electron chi connectivity index (χ3n) is 2.89. The van der Waals surface area contributed by atoms with E-state index in [9.17, 15) is 4.79 Å². The van der Waals surface area contributed by atoms with Crippen molar-refractivity contribution >= 4 is 56.3 Å². The van der Waals surface area contributed by atoms with Crippen LogP contribution in [0, 0.1) is 0 Å². The summed E-state index contributed by atoms with van der Waals surface area (Å²) >= 11 is 13.9. The van der Waals surface area contributed by atoms with Crippen molar-refractivity contribution in [1.29, 1.82) is 0 Å². The van der Waals surface area contributed by atoms with E-state index in [1.54, 1.807) is 23.5 Å². The molecule has 2 aromatic carbocycles. The van der Waals surface area contributed by atoms with E-state index < -0.39 is 0 Å². The van der Waals surface area contributed by atoms with Gasteiger partial charge < -0.3 is 5.32 Å². The number of nitrogens with one attached hydrogen (secondary N) is 1. The number of hydrogen-bond donors (Lipinski definition) is 1. The molecule has 3 rings (SSSR count). The number of hydrogen-bond acceptors (Lipinski definition) is 3. The van der Waals surface area contributed by atoms with E-state index in [0.29, 0.717) is 15.7 Å². The summed E-state index contributed by atoms with van der Waals surface area (Å²) in [7, 11) is 0. The smallest absolute Gasteiger partial charge is 0.221 e. The second-order valence-electron chi connectivity index (χ2n) is 4.48. The van der Waals surface area contributed by atoms with Gasteiger partial charge in [-0.15, -0.1) is 11.3 Å². The number of carbonyl (C=O) groups excluding carboxylic acids is 1. The van der Waals surface area contributed by atoms with Crippen molar-refractivity contribution in [3.63, 3.8) is 0 Å². The maximum Gasteiger partial charge on any atom is 0.221 e. The predicted molar refractivity (Wildman–Crippen MR) is 89.4 cm³/mol. The molecule has 0 fully saturated rings. The van der Waals surface area contributed by atoms with Crippen molar-refractivity contribution < 1.29 is 4.79 Å². The maximum absolute atomic E-state index is 11.2. The van der Waals surface area contributed by atoms with Crippen LogP contribution in [0.15, 0.2) is 36.4 Å². The third kappa shape index (κ3) is 2.88. The molecule has 0 spiro atoms. The second kappa shape index (κ2) is 5.64. The van der Waals surface area contributed by atoms with Gasteiger partial charge in [0.25, 0.3) is 0 Å². The Bertz CT molecular complexity index is 812. The first-order valence-corrected chi connectivity index (χ1v) is 7.74. The molecule has 21 heavy (non-hydrogen) atoms. The zero-order chi connectivity index (χ0) is 15.0. The first kappa shape index (κ1) is 14.3. The number of fused-ring (bicyclic) bond motifs is 1. The Kier molecular flexibility index (Phi) is 3.85. The van der Waals surface area contributed by atoms with Crippen LogP contribution in [0.3, 0.4) is 0 Å². The van der Waals surface area contributed by atoms with Crippen LogP contribution < -0.4 is 5.32 Å². The summed E-state index contributed by atoms with van der Waals surface area (Å²) in [6.07, 6.45) is 0. The molecule has 3 aromatic rings. The number of thiazole rings is 1. The zero-order valence-electron chi connectivity index (χ0n) is 11.0. The van der Waals surface area contributed by atoms with Crippen LogP contribution >= 0.6 is 34.5 Å². The molecule has 0 aliphatic carbocycles. The summed E-state index contributed by atoms with van der Waals surface area (Å²) in [6.45, 7) is 1.43. The van der Waals surface area contributed by atoms with Crippen LogP contribution in [0.4, 0.5) is 5.69 Å². The highest BCUT2D eigenvalue weighted by Crippen LogP contribution is 2.38. The molecule has 0 atom stereocenters. The summed E-state index contributed by atoms with van der Waals surface area (Å²) in [6, 6.07) is 11.2. The fraction of sp³-hybridized carbons (Fsp3) is 0.0667. The number of para-hydroxylation sites is 1. The summed E-state index contributed by atoms with van der Waals surface area (Å²) in [5, 5.41) is 4.40. The molecule has 1 aromatic heterocycles. The van der Waals surface area contributed by atoms with Crippen LogP contribution in [-0.4, -0.2) is 10.9 Å². The minimum atomic E-state index is -0.186. The Labute approximate surface area is 135 Å². The lowest BCUT2D eigenvalue weighted by Gasteiger charge is -2.08. The molecule has 6 heteroatoms. The Hall–Kier alpha value is -1.62. The molecule has 0 radical (unpaired) electrons. The quantitative estimate of drug-likeness (QED) is 0.696. The van der Waals surface area contributed by atoms with Gasteiger partial charge >= 0.3 is 0 Å². The van der Waals surface area contributed by atoms with Crippen LogP contribution in [0.1, 0.15) is 6.92 Å². The van der Waals surface area contributed by atoms with Gasteiger partial charge in [-0.1, -0.05) is 35.3 Å². The van der Waals surface area contributed by atoms with Gasteiger partial charge in [0.05, 0.1) is 25.9 Å². The fourth-order valence-corrected chi connectivity index (χ4v) is 3.56. The van der Waals surface area contributed by atoms with E-state index in [0.717, 1.165) is 20.8 Å². The fourth-order valence-electron chi connectivity index (χ4n) is 1.99. The molecule has 1 amide bonds. The molecule has 3 nitrogen and oxygen atoms in total. The van der Waals surface area contributed by atoms with Gasteiger partial charge in [0, 0.05) is 12.5 Å². The van der Waals surface area contributed by atoms with Gasteiger partial charge in [-0.25, -0.2) is 4.98 Å². The Morgan fingerprint density at radius 1 is 1.19 bits per heavy atom. The second-order valence-corrected chi connectivity index (χ2v) is 6.32. The van der Waals surface area contributed by atoms with Crippen LogP contribution in [0.25, 0.3) is 20.8 Å². The number of rotatable bonds is 2. The lowest BCUT2D eigenvalue weighted by molar-refractivity contribution is -0.114. The lowest BCUT2D eigenvalue weighted by Crippen LogP contribution is -2.06. The van der Waals surface area contributed by atoms with E-state index in [1.807, 2.05) is 24.3 Å². The number of anilines is 1. The van der Waals surface area contributed by atoms with Gasteiger partial charge in [0.1, 0.15) is 5.01 Å². The van der Waals surface area contributed by atoms with Crippen molar-refractivity contribution in [2.45, 2.75) is 6.92 Å². The number of nitrogens with zero attached hydrogens (tertiary/aromatic N) is 1. The molecule has 1 N–H and O–H groups in total. The highest BCUT2D eigenvalue weighted by atomic mass is 35.5. The van der Waals surface area contributed by atoms with Gasteiger partial charge in [0.15, 0.2) is 0 Å². The number of amides is 1. The molecule has 0 aliphatic heterocycles. The van der Waals surface area contributed by atoms with Crippen molar-refractivity contribution in [3.8, 4) is 10.6 Å². The minimum Gasteiger partial charge on any atom is -0.325 e. The Balaban J connectivity index is 2.14. The standard InChI is InChI=1S/C15H10Cl2N2OS/c1-8(20)18-13-6-9(10(16)7-11(13)17)15-19-12-4-2-3-5-14(12)21-15/h2-7H,1H3,(H,18,20). The molecular formula is C15H10Cl2N2OS. The van der Waals surface area contributed by atoms with E-state index in [4.69, 9.17) is 23.2 Å². The van der Waals surface area contributed by atoms with Gasteiger partial charge in [0.2, 0.25) is 5.91 Å². The van der Waals surface area contributed by atoms with Crippen molar-refractivity contribution in [2.75, 3.05) is 5.32 Å². The number of carbonyl (C=O) groups is 1.